The standard InChI is InChI=1S/C22H20N2O6/c1-3-22(29)15-7-17-19-13(8-24(17)20(27)14(15)9-30-21(22)28)18(10(2)25)12-6-11(26)4-5-16(12)23-19/h4-7,10,25-26,29H,3,8-9H2,1-2H3/t10?,22-/m0/s1. The summed E-state index contributed by atoms with van der Waals surface area (Å²) in [4.78, 5) is 30.2. The molecular formula is C22H20N2O6. The molecule has 3 aromatic rings. The van der Waals surface area contributed by atoms with Crippen molar-refractivity contribution in [3.63, 3.8) is 0 Å². The summed E-state index contributed by atoms with van der Waals surface area (Å²) in [5.41, 5.74) is 1.07. The van der Waals surface area contributed by atoms with Crippen LogP contribution in [0.25, 0.3) is 22.3 Å². The predicted octanol–water partition coefficient (Wildman–Crippen LogP) is 1.84. The van der Waals surface area contributed by atoms with Crippen molar-refractivity contribution in [1.82, 2.24) is 9.55 Å². The van der Waals surface area contributed by atoms with Gasteiger partial charge in [0, 0.05) is 16.5 Å². The SMILES string of the molecule is CC[C@@]1(O)C(=O)OCc2c1cc1n(c2=O)Cc2c-1nc1ccc(O)cc1c2C(C)O. The number of benzene rings is 1. The zero-order valence-corrected chi connectivity index (χ0v) is 16.5. The number of esters is 1. The largest absolute Gasteiger partial charge is 0.508 e. The zero-order chi connectivity index (χ0) is 21.4. The van der Waals surface area contributed by atoms with E-state index in [1.165, 1.54) is 10.6 Å². The van der Waals surface area contributed by atoms with Gasteiger partial charge in [-0.25, -0.2) is 9.78 Å². The van der Waals surface area contributed by atoms with Crippen LogP contribution in [0, 0.1) is 0 Å². The summed E-state index contributed by atoms with van der Waals surface area (Å²) >= 11 is 0. The first kappa shape index (κ1) is 18.8. The van der Waals surface area contributed by atoms with E-state index < -0.39 is 17.7 Å². The van der Waals surface area contributed by atoms with Crippen LogP contribution in [0.4, 0.5) is 0 Å². The lowest BCUT2D eigenvalue weighted by atomic mass is 9.86. The molecule has 0 fully saturated rings. The Morgan fingerprint density at radius 1 is 1.27 bits per heavy atom. The molecule has 4 heterocycles. The van der Waals surface area contributed by atoms with Crippen LogP contribution >= 0.6 is 0 Å². The fourth-order valence-corrected chi connectivity index (χ4v) is 4.58. The second kappa shape index (κ2) is 6.13. The molecule has 1 unspecified atom stereocenters. The van der Waals surface area contributed by atoms with Crippen LogP contribution in [0.3, 0.4) is 0 Å². The minimum atomic E-state index is -1.89. The second-order valence-electron chi connectivity index (χ2n) is 7.83. The number of hydrogen-bond acceptors (Lipinski definition) is 7. The molecule has 3 N–H and O–H groups in total. The lowest BCUT2D eigenvalue weighted by molar-refractivity contribution is -0.172. The Balaban J connectivity index is 1.85. The number of ether oxygens (including phenoxy) is 1. The summed E-state index contributed by atoms with van der Waals surface area (Å²) in [6.45, 7) is 3.27. The quantitative estimate of drug-likeness (QED) is 0.433. The number of aromatic nitrogens is 2. The van der Waals surface area contributed by atoms with Crippen molar-refractivity contribution in [3.05, 3.63) is 56.9 Å². The van der Waals surface area contributed by atoms with Crippen LogP contribution < -0.4 is 5.56 Å². The van der Waals surface area contributed by atoms with Crippen molar-refractivity contribution >= 4 is 16.9 Å². The number of carbonyl (C=O) groups excluding carboxylic acids is 1. The topological polar surface area (TPSA) is 122 Å². The third kappa shape index (κ3) is 2.31. The molecule has 0 aliphatic carbocycles. The third-order valence-corrected chi connectivity index (χ3v) is 6.13. The minimum Gasteiger partial charge on any atom is -0.508 e. The monoisotopic (exact) mass is 408 g/mol. The molecule has 2 aliphatic rings. The van der Waals surface area contributed by atoms with Gasteiger partial charge in [-0.1, -0.05) is 6.92 Å². The molecule has 154 valence electrons. The number of phenols is 1. The van der Waals surface area contributed by atoms with Crippen LogP contribution in [-0.4, -0.2) is 30.8 Å². The summed E-state index contributed by atoms with van der Waals surface area (Å²) < 4.78 is 6.61. The highest BCUT2D eigenvalue weighted by molar-refractivity contribution is 5.90. The van der Waals surface area contributed by atoms with Crippen molar-refractivity contribution in [1.29, 1.82) is 0 Å². The third-order valence-electron chi connectivity index (χ3n) is 6.13. The summed E-state index contributed by atoms with van der Waals surface area (Å²) in [5.74, 6) is -0.718. The maximum Gasteiger partial charge on any atom is 0.343 e. The zero-order valence-electron chi connectivity index (χ0n) is 16.5. The van der Waals surface area contributed by atoms with Crippen molar-refractivity contribution in [3.8, 4) is 17.1 Å². The normalized spacial score (nSPS) is 20.5. The lowest BCUT2D eigenvalue weighted by Crippen LogP contribution is -2.44. The Morgan fingerprint density at radius 3 is 2.73 bits per heavy atom. The molecule has 0 radical (unpaired) electrons. The first-order valence-corrected chi connectivity index (χ1v) is 9.77. The Morgan fingerprint density at radius 2 is 2.03 bits per heavy atom. The maximum atomic E-state index is 13.2. The van der Waals surface area contributed by atoms with E-state index >= 15 is 0 Å². The average molecular weight is 408 g/mol. The van der Waals surface area contributed by atoms with E-state index in [9.17, 15) is 24.9 Å². The molecule has 5 rings (SSSR count). The Kier molecular flexibility index (Phi) is 3.84. The van der Waals surface area contributed by atoms with E-state index in [0.717, 1.165) is 0 Å². The molecule has 0 amide bonds. The van der Waals surface area contributed by atoms with Crippen molar-refractivity contribution in [2.75, 3.05) is 0 Å². The summed E-state index contributed by atoms with van der Waals surface area (Å²) in [6, 6.07) is 6.34. The number of aromatic hydroxyl groups is 1. The number of phenolic OH excluding ortho intramolecular Hbond substituents is 1. The molecule has 1 aromatic carbocycles. The first-order valence-electron chi connectivity index (χ1n) is 9.77. The number of aliphatic hydroxyl groups excluding tert-OH is 1. The number of carbonyl (C=O) groups is 1. The van der Waals surface area contributed by atoms with Gasteiger partial charge in [0.2, 0.25) is 0 Å². The van der Waals surface area contributed by atoms with E-state index in [1.54, 1.807) is 32.0 Å². The molecular weight excluding hydrogens is 388 g/mol. The molecule has 30 heavy (non-hydrogen) atoms. The number of cyclic esters (lactones) is 1. The molecule has 0 saturated heterocycles. The Bertz CT molecular complexity index is 1310. The Hall–Kier alpha value is -3.23. The van der Waals surface area contributed by atoms with Crippen LogP contribution in [0.5, 0.6) is 5.75 Å². The number of rotatable bonds is 2. The van der Waals surface area contributed by atoms with Gasteiger partial charge in [-0.05, 0) is 43.2 Å². The average Bonchev–Trinajstić information content (AvgIpc) is 3.07. The van der Waals surface area contributed by atoms with Crippen molar-refractivity contribution in [2.24, 2.45) is 0 Å². The molecule has 2 aromatic heterocycles. The van der Waals surface area contributed by atoms with Crippen LogP contribution in [0.2, 0.25) is 0 Å². The van der Waals surface area contributed by atoms with Crippen molar-refractivity contribution in [2.45, 2.75) is 45.1 Å². The molecule has 0 saturated carbocycles. The minimum absolute atomic E-state index is 0.0537. The van der Waals surface area contributed by atoms with E-state index in [4.69, 9.17) is 4.74 Å². The number of hydrogen-bond donors (Lipinski definition) is 3. The van der Waals surface area contributed by atoms with Gasteiger partial charge in [-0.2, -0.15) is 0 Å². The van der Waals surface area contributed by atoms with Crippen LogP contribution in [0.1, 0.15) is 48.6 Å². The first-order chi connectivity index (χ1) is 14.3. The van der Waals surface area contributed by atoms with E-state index in [2.05, 4.69) is 4.98 Å². The Labute approximate surface area is 171 Å². The maximum absolute atomic E-state index is 13.2. The van der Waals surface area contributed by atoms with E-state index in [-0.39, 0.29) is 42.0 Å². The van der Waals surface area contributed by atoms with Gasteiger partial charge in [-0.3, -0.25) is 4.79 Å². The summed E-state index contributed by atoms with van der Waals surface area (Å²) in [7, 11) is 0. The molecule has 2 aliphatic heterocycles. The lowest BCUT2D eigenvalue weighted by Gasteiger charge is -2.31. The van der Waals surface area contributed by atoms with Gasteiger partial charge < -0.3 is 24.6 Å². The van der Waals surface area contributed by atoms with Gasteiger partial charge in [0.15, 0.2) is 5.60 Å². The molecule has 0 spiro atoms. The number of nitrogens with zero attached hydrogens (tertiary/aromatic N) is 2. The van der Waals surface area contributed by atoms with Gasteiger partial charge in [0.05, 0.1) is 35.1 Å². The van der Waals surface area contributed by atoms with Crippen LogP contribution in [0.15, 0.2) is 29.1 Å². The highest BCUT2D eigenvalue weighted by Gasteiger charge is 2.45. The molecule has 0 bridgehead atoms. The van der Waals surface area contributed by atoms with Crippen LogP contribution in [-0.2, 0) is 28.3 Å². The predicted molar refractivity (Wildman–Crippen MR) is 107 cm³/mol. The van der Waals surface area contributed by atoms with Gasteiger partial charge in [0.25, 0.3) is 5.56 Å². The molecule has 2 atom stereocenters. The van der Waals surface area contributed by atoms with Gasteiger partial charge in [0.1, 0.15) is 12.4 Å². The van der Waals surface area contributed by atoms with Gasteiger partial charge in [-0.15, -0.1) is 0 Å². The molecule has 8 nitrogen and oxygen atoms in total. The summed E-state index contributed by atoms with van der Waals surface area (Å²) in [5, 5.41) is 32.0. The van der Waals surface area contributed by atoms with E-state index in [1.807, 2.05) is 0 Å². The smallest absolute Gasteiger partial charge is 0.343 e. The fraction of sp³-hybridized carbons (Fsp3) is 0.318. The summed E-state index contributed by atoms with van der Waals surface area (Å²) in [6.07, 6.45) is -0.791. The van der Waals surface area contributed by atoms with Gasteiger partial charge >= 0.3 is 5.97 Å². The van der Waals surface area contributed by atoms with E-state index in [0.29, 0.717) is 33.4 Å². The van der Waals surface area contributed by atoms with Crippen molar-refractivity contribution < 1.29 is 24.9 Å². The fourth-order valence-electron chi connectivity index (χ4n) is 4.58. The highest BCUT2D eigenvalue weighted by atomic mass is 16.6. The molecule has 8 heteroatoms. The number of fused-ring (bicyclic) bond motifs is 5. The number of aliphatic hydroxyl groups is 2. The highest BCUT2D eigenvalue weighted by Crippen LogP contribution is 2.41. The number of pyridine rings is 2. The second-order valence-corrected chi connectivity index (χ2v) is 7.83.